The Kier molecular flexibility index (Phi) is 4.70. The van der Waals surface area contributed by atoms with Gasteiger partial charge in [0.2, 0.25) is 0 Å². The molecule has 129 valence electrons. The molecule has 1 aliphatic heterocycles. The molecule has 0 saturated heterocycles. The maximum Gasteiger partial charge on any atom is 0.0711 e. The molecule has 1 heteroatoms. The van der Waals surface area contributed by atoms with Crippen molar-refractivity contribution in [3.05, 3.63) is 35.0 Å². The number of allylic oxidation sites excluding steroid dienone is 2. The smallest absolute Gasteiger partial charge is 0.0711 e. The van der Waals surface area contributed by atoms with Crippen LogP contribution in [0.3, 0.4) is 0 Å². The molecule has 0 amide bonds. The summed E-state index contributed by atoms with van der Waals surface area (Å²) in [7, 11) is 0. The Hall–Kier alpha value is -1.24. The van der Waals surface area contributed by atoms with Gasteiger partial charge in [-0.25, -0.2) is 0 Å². The monoisotopic (exact) mass is 322 g/mol. The van der Waals surface area contributed by atoms with Crippen molar-refractivity contribution in [2.24, 2.45) is 0 Å². The molecule has 1 fully saturated rings. The predicted molar refractivity (Wildman–Crippen MR) is 103 cm³/mol. The van der Waals surface area contributed by atoms with Crippen LogP contribution >= 0.6 is 0 Å². The van der Waals surface area contributed by atoms with E-state index in [2.05, 4.69) is 25.1 Å². The predicted octanol–water partition coefficient (Wildman–Crippen LogP) is 7.00. The molecule has 0 bridgehead atoms. The Morgan fingerprint density at radius 2 is 1.46 bits per heavy atom. The Balaban J connectivity index is 1.67. The quantitative estimate of drug-likeness (QED) is 0.528. The van der Waals surface area contributed by atoms with Crippen LogP contribution in [-0.4, -0.2) is 0 Å². The molecule has 0 spiro atoms. The molecule has 1 heterocycles. The van der Waals surface area contributed by atoms with Crippen LogP contribution in [0.4, 0.5) is 5.69 Å². The van der Waals surface area contributed by atoms with Gasteiger partial charge in [-0.1, -0.05) is 70.4 Å². The zero-order valence-electron chi connectivity index (χ0n) is 15.4. The third-order valence-corrected chi connectivity index (χ3v) is 6.65. The lowest BCUT2D eigenvalue weighted by molar-refractivity contribution is 0.369. The van der Waals surface area contributed by atoms with E-state index >= 15 is 0 Å². The highest BCUT2D eigenvalue weighted by Crippen LogP contribution is 2.49. The van der Waals surface area contributed by atoms with Gasteiger partial charge < -0.3 is 0 Å². The number of hydrogen-bond acceptors (Lipinski definition) is 0. The van der Waals surface area contributed by atoms with E-state index in [1.54, 1.807) is 16.7 Å². The SMILES string of the molecule is CC1(c2cccc3c2C2=C(CCC2)[N]3)CCCCCCCCCC1. The minimum atomic E-state index is 0.343. The second kappa shape index (κ2) is 6.94. The Morgan fingerprint density at radius 1 is 0.792 bits per heavy atom. The molecular weight excluding hydrogens is 290 g/mol. The lowest BCUT2D eigenvalue weighted by Crippen LogP contribution is -2.23. The van der Waals surface area contributed by atoms with E-state index in [0.717, 1.165) is 0 Å². The topological polar surface area (TPSA) is 14.1 Å². The standard InChI is InChI=1S/C23H32N/c1-23(16-8-6-4-2-3-5-7-9-17-23)19-13-11-15-21-22(19)18-12-10-14-20(18)24-21/h11,13,15H,2-10,12,14,16-17H2,1H3. The largest absolute Gasteiger partial charge is 0.253 e. The first-order valence-corrected chi connectivity index (χ1v) is 10.4. The summed E-state index contributed by atoms with van der Waals surface area (Å²) < 4.78 is 0. The molecule has 0 N–H and O–H groups in total. The van der Waals surface area contributed by atoms with Gasteiger partial charge in [0.15, 0.2) is 0 Å². The van der Waals surface area contributed by atoms with E-state index in [9.17, 15) is 0 Å². The van der Waals surface area contributed by atoms with E-state index in [1.807, 2.05) is 0 Å². The van der Waals surface area contributed by atoms with Crippen molar-refractivity contribution in [1.82, 2.24) is 5.32 Å². The summed E-state index contributed by atoms with van der Waals surface area (Å²) in [6.45, 7) is 2.55. The molecule has 1 radical (unpaired) electrons. The average molecular weight is 323 g/mol. The molecule has 24 heavy (non-hydrogen) atoms. The summed E-state index contributed by atoms with van der Waals surface area (Å²) in [5.74, 6) is 0. The number of benzene rings is 1. The fourth-order valence-corrected chi connectivity index (χ4v) is 5.20. The summed E-state index contributed by atoms with van der Waals surface area (Å²) in [5, 5.41) is 4.97. The summed E-state index contributed by atoms with van der Waals surface area (Å²) in [6.07, 6.45) is 17.9. The Morgan fingerprint density at radius 3 is 2.17 bits per heavy atom. The summed E-state index contributed by atoms with van der Waals surface area (Å²) >= 11 is 0. The van der Waals surface area contributed by atoms with Gasteiger partial charge in [-0.15, -0.1) is 0 Å². The third-order valence-electron chi connectivity index (χ3n) is 6.65. The zero-order valence-corrected chi connectivity index (χ0v) is 15.4. The van der Waals surface area contributed by atoms with Gasteiger partial charge in [0.1, 0.15) is 0 Å². The number of nitrogens with zero attached hydrogens (tertiary/aromatic N) is 1. The van der Waals surface area contributed by atoms with Crippen LogP contribution < -0.4 is 5.32 Å². The molecule has 0 unspecified atom stereocenters. The fraction of sp³-hybridized carbons (Fsp3) is 0.652. The fourth-order valence-electron chi connectivity index (χ4n) is 5.20. The van der Waals surface area contributed by atoms with Crippen LogP contribution in [-0.2, 0) is 5.41 Å². The summed E-state index contributed by atoms with van der Waals surface area (Å²) in [4.78, 5) is 0. The maximum absolute atomic E-state index is 4.97. The van der Waals surface area contributed by atoms with Crippen LogP contribution in [0.5, 0.6) is 0 Å². The van der Waals surface area contributed by atoms with Gasteiger partial charge in [0.25, 0.3) is 0 Å². The molecule has 1 saturated carbocycles. The van der Waals surface area contributed by atoms with Crippen molar-refractivity contribution in [2.75, 3.05) is 0 Å². The maximum atomic E-state index is 4.97. The van der Waals surface area contributed by atoms with Gasteiger partial charge in [0, 0.05) is 11.3 Å². The highest BCUT2D eigenvalue weighted by atomic mass is 14.9. The number of fused-ring (bicyclic) bond motifs is 2. The van der Waals surface area contributed by atoms with Crippen molar-refractivity contribution >= 4 is 11.3 Å². The summed E-state index contributed by atoms with van der Waals surface area (Å²) in [5.41, 5.74) is 7.77. The van der Waals surface area contributed by atoms with Crippen molar-refractivity contribution in [3.8, 4) is 0 Å². The van der Waals surface area contributed by atoms with Gasteiger partial charge in [-0.05, 0) is 54.7 Å². The molecule has 2 aliphatic carbocycles. The third kappa shape index (κ3) is 3.03. The highest BCUT2D eigenvalue weighted by Gasteiger charge is 2.35. The summed E-state index contributed by atoms with van der Waals surface area (Å²) in [6, 6.07) is 6.93. The van der Waals surface area contributed by atoms with Crippen LogP contribution in [0.2, 0.25) is 0 Å². The number of rotatable bonds is 1. The molecular formula is C23H32N. The zero-order chi connectivity index (χ0) is 16.4. The van der Waals surface area contributed by atoms with Crippen molar-refractivity contribution < 1.29 is 0 Å². The lowest BCUT2D eigenvalue weighted by Gasteiger charge is -2.33. The minimum Gasteiger partial charge on any atom is -0.253 e. The van der Waals surface area contributed by atoms with Crippen molar-refractivity contribution in [1.29, 1.82) is 0 Å². The first-order chi connectivity index (χ1) is 11.8. The van der Waals surface area contributed by atoms with Gasteiger partial charge in [0.05, 0.1) is 5.69 Å². The Bertz CT molecular complexity index is 613. The van der Waals surface area contributed by atoms with Crippen LogP contribution in [0, 0.1) is 0 Å². The average Bonchev–Trinajstić information content (AvgIpc) is 3.15. The van der Waals surface area contributed by atoms with Crippen molar-refractivity contribution in [2.45, 2.75) is 95.8 Å². The molecule has 0 atom stereocenters. The van der Waals surface area contributed by atoms with E-state index in [-0.39, 0.29) is 0 Å². The molecule has 0 aromatic heterocycles. The molecule has 1 aromatic carbocycles. The van der Waals surface area contributed by atoms with E-state index in [4.69, 9.17) is 5.32 Å². The van der Waals surface area contributed by atoms with Crippen LogP contribution in [0.1, 0.15) is 102 Å². The van der Waals surface area contributed by atoms with Crippen LogP contribution in [0.25, 0.3) is 5.57 Å². The normalized spacial score (nSPS) is 24.0. The van der Waals surface area contributed by atoms with Gasteiger partial charge >= 0.3 is 0 Å². The minimum absolute atomic E-state index is 0.343. The second-order valence-electron chi connectivity index (χ2n) is 8.48. The van der Waals surface area contributed by atoms with E-state index in [0.29, 0.717) is 5.41 Å². The van der Waals surface area contributed by atoms with Gasteiger partial charge in [-0.2, -0.15) is 0 Å². The number of hydrogen-bond donors (Lipinski definition) is 0. The molecule has 1 nitrogen and oxygen atoms in total. The van der Waals surface area contributed by atoms with Crippen molar-refractivity contribution in [3.63, 3.8) is 0 Å². The lowest BCUT2D eigenvalue weighted by atomic mass is 9.71. The molecule has 1 aromatic rings. The van der Waals surface area contributed by atoms with Gasteiger partial charge in [-0.3, -0.25) is 5.32 Å². The first kappa shape index (κ1) is 16.2. The van der Waals surface area contributed by atoms with E-state index < -0.39 is 0 Å². The molecule has 4 rings (SSSR count). The van der Waals surface area contributed by atoms with E-state index in [1.165, 1.54) is 94.9 Å². The Labute approximate surface area is 147 Å². The van der Waals surface area contributed by atoms with Crippen LogP contribution in [0.15, 0.2) is 23.9 Å². The highest BCUT2D eigenvalue weighted by molar-refractivity contribution is 5.85. The second-order valence-corrected chi connectivity index (χ2v) is 8.48. The first-order valence-electron chi connectivity index (χ1n) is 10.4. The molecule has 3 aliphatic rings.